The molecule has 0 heterocycles. The molecule has 0 unspecified atom stereocenters. The summed E-state index contributed by atoms with van der Waals surface area (Å²) >= 11 is 0. The Labute approximate surface area is 159 Å². The molecule has 142 valence electrons. The second-order valence-corrected chi connectivity index (χ2v) is 7.81. The van der Waals surface area contributed by atoms with Gasteiger partial charge >= 0.3 is 15.6 Å². The van der Waals surface area contributed by atoms with E-state index in [0.717, 1.165) is 27.3 Å². The Morgan fingerprint density at radius 3 is 1.82 bits per heavy atom. The third-order valence-corrected chi connectivity index (χ3v) is 5.36. The zero-order valence-corrected chi connectivity index (χ0v) is 15.1. The first-order valence-corrected chi connectivity index (χ1v) is 9.67. The van der Waals surface area contributed by atoms with E-state index in [1.54, 1.807) is 6.07 Å². The summed E-state index contributed by atoms with van der Waals surface area (Å²) in [5.41, 5.74) is -3.68. The lowest BCUT2D eigenvalue weighted by molar-refractivity contribution is -0.0500. The molecule has 0 aliphatic carbocycles. The summed E-state index contributed by atoms with van der Waals surface area (Å²) in [4.78, 5) is 0. The minimum atomic E-state index is -5.71. The summed E-state index contributed by atoms with van der Waals surface area (Å²) in [7, 11) is -5.71. The monoisotopic (exact) mass is 402 g/mol. The van der Waals surface area contributed by atoms with Gasteiger partial charge in [0.15, 0.2) is 0 Å². The Balaban J connectivity index is 1.75. The molecule has 0 aromatic heterocycles. The zero-order valence-electron chi connectivity index (χ0n) is 14.3. The maximum atomic E-state index is 12.5. The van der Waals surface area contributed by atoms with Gasteiger partial charge in [-0.15, -0.1) is 0 Å². The van der Waals surface area contributed by atoms with Crippen molar-refractivity contribution in [3.8, 4) is 16.9 Å². The molecule has 0 fully saturated rings. The maximum Gasteiger partial charge on any atom is 0.534 e. The first kappa shape index (κ1) is 18.3. The molecule has 3 nitrogen and oxygen atoms in total. The van der Waals surface area contributed by atoms with E-state index in [4.69, 9.17) is 0 Å². The summed E-state index contributed by atoms with van der Waals surface area (Å²) in [6.45, 7) is 0. The van der Waals surface area contributed by atoms with E-state index < -0.39 is 15.6 Å². The molecular weight excluding hydrogens is 389 g/mol. The van der Waals surface area contributed by atoms with E-state index >= 15 is 0 Å². The normalized spacial score (nSPS) is 12.4. The van der Waals surface area contributed by atoms with Crippen molar-refractivity contribution >= 4 is 31.7 Å². The Hall–Kier alpha value is -3.06. The first-order valence-electron chi connectivity index (χ1n) is 8.27. The molecule has 0 spiro atoms. The first-order chi connectivity index (χ1) is 13.2. The zero-order chi connectivity index (χ0) is 19.9. The summed E-state index contributed by atoms with van der Waals surface area (Å²) in [6.07, 6.45) is 0. The molecular formula is C21H13F3O3S. The van der Waals surface area contributed by atoms with E-state index in [9.17, 15) is 21.6 Å². The number of hydrogen-bond donors (Lipinski definition) is 0. The van der Waals surface area contributed by atoms with Gasteiger partial charge in [-0.3, -0.25) is 0 Å². The molecule has 0 aliphatic heterocycles. The van der Waals surface area contributed by atoms with Gasteiger partial charge in [-0.1, -0.05) is 54.6 Å². The van der Waals surface area contributed by atoms with E-state index in [2.05, 4.69) is 4.18 Å². The van der Waals surface area contributed by atoms with Crippen LogP contribution in [0.25, 0.3) is 32.7 Å². The summed E-state index contributed by atoms with van der Waals surface area (Å²) in [5.74, 6) is -0.388. The van der Waals surface area contributed by atoms with Gasteiger partial charge in [0.1, 0.15) is 5.75 Å². The van der Waals surface area contributed by atoms with Crippen molar-refractivity contribution in [1.29, 1.82) is 0 Å². The van der Waals surface area contributed by atoms with Gasteiger partial charge in [0.05, 0.1) is 0 Å². The van der Waals surface area contributed by atoms with Gasteiger partial charge < -0.3 is 4.18 Å². The lowest BCUT2D eigenvalue weighted by Crippen LogP contribution is -2.28. The van der Waals surface area contributed by atoms with Crippen LogP contribution in [0.15, 0.2) is 78.9 Å². The lowest BCUT2D eigenvalue weighted by Gasteiger charge is -2.11. The quantitative estimate of drug-likeness (QED) is 0.317. The van der Waals surface area contributed by atoms with Gasteiger partial charge in [-0.05, 0) is 56.9 Å². The molecule has 0 atom stereocenters. The number of alkyl halides is 3. The number of benzene rings is 4. The van der Waals surface area contributed by atoms with Crippen molar-refractivity contribution in [2.45, 2.75) is 5.51 Å². The third kappa shape index (κ3) is 3.41. The predicted molar refractivity (Wildman–Crippen MR) is 102 cm³/mol. The average Bonchev–Trinajstić information content (AvgIpc) is 2.66. The lowest BCUT2D eigenvalue weighted by atomic mass is 9.98. The van der Waals surface area contributed by atoms with Crippen molar-refractivity contribution < 1.29 is 25.8 Å². The number of rotatable bonds is 3. The number of hydrogen-bond acceptors (Lipinski definition) is 3. The highest BCUT2D eigenvalue weighted by Gasteiger charge is 2.48. The molecule has 4 rings (SSSR count). The molecule has 0 N–H and O–H groups in total. The van der Waals surface area contributed by atoms with Crippen LogP contribution in [0.5, 0.6) is 5.75 Å². The number of halogens is 3. The van der Waals surface area contributed by atoms with E-state index in [-0.39, 0.29) is 5.75 Å². The molecule has 4 aromatic rings. The van der Waals surface area contributed by atoms with Crippen molar-refractivity contribution in [2.24, 2.45) is 0 Å². The second kappa shape index (κ2) is 6.53. The highest BCUT2D eigenvalue weighted by atomic mass is 32.2. The topological polar surface area (TPSA) is 43.4 Å². The SMILES string of the molecule is O=S(=O)(Oc1ccc2ccc(-c3ccc4ccccc4c3)cc2c1)C(F)(F)F. The molecule has 4 aromatic carbocycles. The second-order valence-electron chi connectivity index (χ2n) is 6.27. The van der Waals surface area contributed by atoms with Crippen LogP contribution in [0, 0.1) is 0 Å². The Bertz CT molecular complexity index is 1300. The summed E-state index contributed by atoms with van der Waals surface area (Å²) in [6, 6.07) is 23.4. The summed E-state index contributed by atoms with van der Waals surface area (Å²) < 4.78 is 64.3. The van der Waals surface area contributed by atoms with Crippen LogP contribution < -0.4 is 4.18 Å². The molecule has 0 radical (unpaired) electrons. The average molecular weight is 402 g/mol. The van der Waals surface area contributed by atoms with Crippen LogP contribution in [0.2, 0.25) is 0 Å². The van der Waals surface area contributed by atoms with Crippen molar-refractivity contribution in [2.75, 3.05) is 0 Å². The van der Waals surface area contributed by atoms with Crippen molar-refractivity contribution in [3.05, 3.63) is 78.9 Å². The minimum absolute atomic E-state index is 0.388. The fourth-order valence-electron chi connectivity index (χ4n) is 3.00. The van der Waals surface area contributed by atoms with E-state index in [0.29, 0.717) is 5.39 Å². The Morgan fingerprint density at radius 2 is 1.18 bits per heavy atom. The standard InChI is InChI=1S/C21H13F3O3S/c22-21(23,24)28(25,26)27-20-10-9-15-6-8-18(12-19(15)13-20)17-7-5-14-3-1-2-4-16(14)11-17/h1-13H. The van der Waals surface area contributed by atoms with Gasteiger partial charge in [0.2, 0.25) is 0 Å². The van der Waals surface area contributed by atoms with Gasteiger partial charge in [-0.2, -0.15) is 21.6 Å². The van der Waals surface area contributed by atoms with Crippen molar-refractivity contribution in [1.82, 2.24) is 0 Å². The molecule has 0 bridgehead atoms. The fraction of sp³-hybridized carbons (Fsp3) is 0.0476. The minimum Gasteiger partial charge on any atom is -0.376 e. The van der Waals surface area contributed by atoms with Crippen LogP contribution in [0.3, 0.4) is 0 Å². The summed E-state index contributed by atoms with van der Waals surface area (Å²) in [5, 5.41) is 3.48. The van der Waals surface area contributed by atoms with Crippen LogP contribution in [-0.4, -0.2) is 13.9 Å². The maximum absolute atomic E-state index is 12.5. The number of fused-ring (bicyclic) bond motifs is 2. The molecule has 28 heavy (non-hydrogen) atoms. The van der Waals surface area contributed by atoms with Crippen LogP contribution in [0.1, 0.15) is 0 Å². The molecule has 0 saturated carbocycles. The largest absolute Gasteiger partial charge is 0.534 e. The molecule has 0 saturated heterocycles. The highest BCUT2D eigenvalue weighted by Crippen LogP contribution is 2.31. The van der Waals surface area contributed by atoms with Crippen LogP contribution in [0.4, 0.5) is 13.2 Å². The fourth-order valence-corrected chi connectivity index (χ4v) is 3.45. The Morgan fingerprint density at radius 1 is 0.643 bits per heavy atom. The molecule has 0 amide bonds. The van der Waals surface area contributed by atoms with Crippen molar-refractivity contribution in [3.63, 3.8) is 0 Å². The van der Waals surface area contributed by atoms with E-state index in [1.807, 2.05) is 54.6 Å². The Kier molecular flexibility index (Phi) is 4.27. The predicted octanol–water partition coefficient (Wildman–Crippen LogP) is 5.89. The molecule has 7 heteroatoms. The van der Waals surface area contributed by atoms with E-state index in [1.165, 1.54) is 18.2 Å². The van der Waals surface area contributed by atoms with Crippen LogP contribution >= 0.6 is 0 Å². The van der Waals surface area contributed by atoms with Crippen LogP contribution in [-0.2, 0) is 10.1 Å². The highest BCUT2D eigenvalue weighted by molar-refractivity contribution is 7.88. The smallest absolute Gasteiger partial charge is 0.376 e. The molecule has 0 aliphatic rings. The van der Waals surface area contributed by atoms with Gasteiger partial charge in [0, 0.05) is 0 Å². The van der Waals surface area contributed by atoms with Gasteiger partial charge in [0.25, 0.3) is 0 Å². The third-order valence-electron chi connectivity index (χ3n) is 4.38. The van der Waals surface area contributed by atoms with Gasteiger partial charge in [-0.25, -0.2) is 0 Å².